The summed E-state index contributed by atoms with van der Waals surface area (Å²) in [4.78, 5) is 4.59. The average molecular weight is 331 g/mol. The standard InChI is InChI=1S/C17H21N3O2S/c1-2-18-17(19-9-13-7-8-23-12-13)20-10-14-11-21-15-5-3-4-6-16(15)22-14/h3-8,12,14H,2,9-11H2,1H3,(H2,18,19,20). The molecule has 1 aromatic heterocycles. The zero-order valence-electron chi connectivity index (χ0n) is 13.1. The first kappa shape index (κ1) is 15.7. The van der Waals surface area contributed by atoms with E-state index in [9.17, 15) is 0 Å². The molecule has 6 heteroatoms. The second kappa shape index (κ2) is 7.87. The topological polar surface area (TPSA) is 54.9 Å². The third-order valence-corrected chi connectivity index (χ3v) is 4.14. The fourth-order valence-corrected chi connectivity index (χ4v) is 2.93. The van der Waals surface area contributed by atoms with Gasteiger partial charge in [-0.1, -0.05) is 12.1 Å². The number of hydrogen-bond donors (Lipinski definition) is 2. The number of aliphatic imine (C=N–C) groups is 1. The number of benzene rings is 1. The molecule has 2 heterocycles. The molecule has 0 bridgehead atoms. The third kappa shape index (κ3) is 4.39. The van der Waals surface area contributed by atoms with Gasteiger partial charge >= 0.3 is 0 Å². The molecule has 0 saturated heterocycles. The maximum atomic E-state index is 5.94. The Kier molecular flexibility index (Phi) is 5.37. The minimum Gasteiger partial charge on any atom is -0.486 e. The number of nitrogens with one attached hydrogen (secondary N) is 2. The molecule has 0 aliphatic carbocycles. The van der Waals surface area contributed by atoms with Crippen LogP contribution in [0.3, 0.4) is 0 Å². The van der Waals surface area contributed by atoms with Crippen LogP contribution >= 0.6 is 11.3 Å². The highest BCUT2D eigenvalue weighted by Gasteiger charge is 2.20. The number of ether oxygens (including phenoxy) is 2. The Labute approximate surface area is 140 Å². The summed E-state index contributed by atoms with van der Waals surface area (Å²) >= 11 is 1.69. The van der Waals surface area contributed by atoms with Crippen molar-refractivity contribution in [2.45, 2.75) is 19.6 Å². The van der Waals surface area contributed by atoms with Crippen LogP contribution in [0.4, 0.5) is 0 Å². The molecule has 2 N–H and O–H groups in total. The molecule has 23 heavy (non-hydrogen) atoms. The summed E-state index contributed by atoms with van der Waals surface area (Å²) in [5.74, 6) is 2.40. The van der Waals surface area contributed by atoms with Crippen LogP contribution in [0.5, 0.6) is 11.5 Å². The Bertz CT molecular complexity index is 643. The third-order valence-electron chi connectivity index (χ3n) is 3.41. The van der Waals surface area contributed by atoms with Crippen molar-refractivity contribution in [1.82, 2.24) is 10.6 Å². The molecule has 0 amide bonds. The highest BCUT2D eigenvalue weighted by Crippen LogP contribution is 2.30. The van der Waals surface area contributed by atoms with Crippen LogP contribution in [0.25, 0.3) is 0 Å². The van der Waals surface area contributed by atoms with Crippen molar-refractivity contribution in [2.75, 3.05) is 19.7 Å². The van der Waals surface area contributed by atoms with Crippen molar-refractivity contribution >= 4 is 17.3 Å². The van der Waals surface area contributed by atoms with Crippen molar-refractivity contribution in [3.05, 3.63) is 46.7 Å². The van der Waals surface area contributed by atoms with Gasteiger partial charge in [-0.05, 0) is 41.4 Å². The van der Waals surface area contributed by atoms with Gasteiger partial charge in [0.2, 0.25) is 0 Å². The quantitative estimate of drug-likeness (QED) is 0.653. The lowest BCUT2D eigenvalue weighted by atomic mass is 10.2. The smallest absolute Gasteiger partial charge is 0.191 e. The Morgan fingerprint density at radius 3 is 2.91 bits per heavy atom. The molecule has 0 fully saturated rings. The van der Waals surface area contributed by atoms with E-state index in [1.54, 1.807) is 11.3 Å². The fraction of sp³-hybridized carbons (Fsp3) is 0.353. The van der Waals surface area contributed by atoms with Crippen molar-refractivity contribution < 1.29 is 9.47 Å². The van der Waals surface area contributed by atoms with E-state index < -0.39 is 0 Å². The van der Waals surface area contributed by atoms with E-state index in [0.29, 0.717) is 19.7 Å². The number of thiophene rings is 1. The number of guanidine groups is 1. The first-order valence-electron chi connectivity index (χ1n) is 7.77. The highest BCUT2D eigenvalue weighted by atomic mass is 32.1. The Morgan fingerprint density at radius 2 is 2.13 bits per heavy atom. The van der Waals surface area contributed by atoms with Crippen molar-refractivity contribution in [1.29, 1.82) is 0 Å². The number of rotatable bonds is 5. The minimum absolute atomic E-state index is 0.0325. The number of nitrogens with zero attached hydrogens (tertiary/aromatic N) is 1. The van der Waals surface area contributed by atoms with Crippen LogP contribution in [0.15, 0.2) is 46.1 Å². The van der Waals surface area contributed by atoms with E-state index in [-0.39, 0.29) is 6.10 Å². The monoisotopic (exact) mass is 331 g/mol. The van der Waals surface area contributed by atoms with Gasteiger partial charge in [-0.15, -0.1) is 0 Å². The molecule has 1 aliphatic rings. The van der Waals surface area contributed by atoms with Crippen LogP contribution in [-0.2, 0) is 6.54 Å². The van der Waals surface area contributed by atoms with Gasteiger partial charge in [0.25, 0.3) is 0 Å². The highest BCUT2D eigenvalue weighted by molar-refractivity contribution is 7.07. The molecule has 0 saturated carbocycles. The van der Waals surface area contributed by atoms with Gasteiger partial charge in [-0.2, -0.15) is 11.3 Å². The van der Waals surface area contributed by atoms with Gasteiger partial charge in [-0.25, -0.2) is 4.99 Å². The van der Waals surface area contributed by atoms with Crippen LogP contribution in [0.1, 0.15) is 12.5 Å². The molecule has 1 aromatic carbocycles. The van der Waals surface area contributed by atoms with Gasteiger partial charge in [0.05, 0.1) is 13.1 Å². The van der Waals surface area contributed by atoms with Crippen LogP contribution in [-0.4, -0.2) is 31.8 Å². The second-order valence-corrected chi connectivity index (χ2v) is 5.99. The van der Waals surface area contributed by atoms with Gasteiger partial charge in [0, 0.05) is 6.54 Å². The SMILES string of the molecule is CCNC(=NCc1ccsc1)NCC1COc2ccccc2O1. The van der Waals surface area contributed by atoms with E-state index in [0.717, 1.165) is 24.0 Å². The molecule has 1 unspecified atom stereocenters. The fourth-order valence-electron chi connectivity index (χ4n) is 2.27. The lowest BCUT2D eigenvalue weighted by Crippen LogP contribution is -2.45. The summed E-state index contributed by atoms with van der Waals surface area (Å²) in [5.41, 5.74) is 1.22. The van der Waals surface area contributed by atoms with Crippen LogP contribution in [0.2, 0.25) is 0 Å². The predicted molar refractivity (Wildman–Crippen MR) is 93.5 cm³/mol. The lowest BCUT2D eigenvalue weighted by molar-refractivity contribution is 0.0936. The first-order valence-corrected chi connectivity index (χ1v) is 8.71. The molecule has 0 spiro atoms. The van der Waals surface area contributed by atoms with E-state index in [2.05, 4.69) is 39.4 Å². The summed E-state index contributed by atoms with van der Waals surface area (Å²) < 4.78 is 11.7. The molecule has 5 nitrogen and oxygen atoms in total. The molecule has 122 valence electrons. The van der Waals surface area contributed by atoms with E-state index in [4.69, 9.17) is 9.47 Å². The zero-order valence-corrected chi connectivity index (χ0v) is 13.9. The molecule has 1 aliphatic heterocycles. The van der Waals surface area contributed by atoms with Crippen molar-refractivity contribution in [3.8, 4) is 11.5 Å². The van der Waals surface area contributed by atoms with Gasteiger partial charge < -0.3 is 20.1 Å². The number of hydrogen-bond acceptors (Lipinski definition) is 4. The number of fused-ring (bicyclic) bond motifs is 1. The Morgan fingerprint density at radius 1 is 1.26 bits per heavy atom. The molecule has 3 rings (SSSR count). The molecule has 2 aromatic rings. The number of para-hydroxylation sites is 2. The van der Waals surface area contributed by atoms with Crippen LogP contribution < -0.4 is 20.1 Å². The summed E-state index contributed by atoms with van der Waals surface area (Å²) in [5, 5.41) is 10.7. The molecule has 0 radical (unpaired) electrons. The summed E-state index contributed by atoms with van der Waals surface area (Å²) in [6.45, 7) is 4.72. The van der Waals surface area contributed by atoms with Crippen molar-refractivity contribution in [2.24, 2.45) is 4.99 Å². The summed E-state index contributed by atoms with van der Waals surface area (Å²) in [7, 11) is 0. The van der Waals surface area contributed by atoms with Gasteiger partial charge in [0.15, 0.2) is 17.5 Å². The lowest BCUT2D eigenvalue weighted by Gasteiger charge is -2.27. The van der Waals surface area contributed by atoms with E-state index in [1.165, 1.54) is 5.56 Å². The largest absolute Gasteiger partial charge is 0.486 e. The minimum atomic E-state index is -0.0325. The summed E-state index contributed by atoms with van der Waals surface area (Å²) in [6.07, 6.45) is -0.0325. The maximum Gasteiger partial charge on any atom is 0.191 e. The van der Waals surface area contributed by atoms with Crippen LogP contribution in [0, 0.1) is 0 Å². The second-order valence-electron chi connectivity index (χ2n) is 5.21. The molecular weight excluding hydrogens is 310 g/mol. The normalized spacial score (nSPS) is 16.9. The van der Waals surface area contributed by atoms with Gasteiger partial charge in [0.1, 0.15) is 12.7 Å². The molecule has 1 atom stereocenters. The Balaban J connectivity index is 1.54. The first-order chi connectivity index (χ1) is 11.3. The van der Waals surface area contributed by atoms with Gasteiger partial charge in [-0.3, -0.25) is 0 Å². The summed E-state index contributed by atoms with van der Waals surface area (Å²) in [6, 6.07) is 9.83. The molecular formula is C17H21N3O2S. The Hall–Kier alpha value is -2.21. The van der Waals surface area contributed by atoms with E-state index in [1.807, 2.05) is 24.3 Å². The maximum absolute atomic E-state index is 5.94. The van der Waals surface area contributed by atoms with E-state index >= 15 is 0 Å². The zero-order chi connectivity index (χ0) is 15.9. The average Bonchev–Trinajstić information content (AvgIpc) is 3.11. The van der Waals surface area contributed by atoms with Crippen molar-refractivity contribution in [3.63, 3.8) is 0 Å². The predicted octanol–water partition coefficient (Wildman–Crippen LogP) is 2.64.